The second-order valence-corrected chi connectivity index (χ2v) is 4.50. The van der Waals surface area contributed by atoms with Crippen LogP contribution < -0.4 is 5.73 Å². The molecule has 0 atom stereocenters. The largest absolute Gasteiger partial charge is 0.323 e. The molecule has 1 saturated heterocycles. The fourth-order valence-electron chi connectivity index (χ4n) is 2.04. The van der Waals surface area contributed by atoms with Gasteiger partial charge in [-0.2, -0.15) is 0 Å². The molecule has 0 spiro atoms. The average Bonchev–Trinajstić information content (AvgIpc) is 2.24. The predicted molar refractivity (Wildman–Crippen MR) is 61.6 cm³/mol. The Kier molecular flexibility index (Phi) is 3.03. The summed E-state index contributed by atoms with van der Waals surface area (Å²) in [5.41, 5.74) is 7.36. The van der Waals surface area contributed by atoms with Crippen LogP contribution >= 0.6 is 0 Å². The van der Waals surface area contributed by atoms with Gasteiger partial charge in [0, 0.05) is 43.5 Å². The van der Waals surface area contributed by atoms with Gasteiger partial charge in [-0.3, -0.25) is 9.88 Å². The maximum atomic E-state index is 6.10. The molecular weight excluding hydrogens is 186 g/mol. The summed E-state index contributed by atoms with van der Waals surface area (Å²) in [4.78, 5) is 6.71. The molecule has 2 N–H and O–H groups in total. The van der Waals surface area contributed by atoms with Crippen molar-refractivity contribution in [2.45, 2.75) is 25.3 Å². The Balaban J connectivity index is 1.73. The molecule has 2 rings (SSSR count). The first-order chi connectivity index (χ1) is 7.22. The third kappa shape index (κ3) is 2.55. The molecule has 3 nitrogen and oxygen atoms in total. The van der Waals surface area contributed by atoms with E-state index >= 15 is 0 Å². The monoisotopic (exact) mass is 205 g/mol. The van der Waals surface area contributed by atoms with Crippen LogP contribution in [0.2, 0.25) is 0 Å². The van der Waals surface area contributed by atoms with E-state index in [9.17, 15) is 0 Å². The molecule has 0 unspecified atom stereocenters. The molecule has 3 heteroatoms. The van der Waals surface area contributed by atoms with Crippen molar-refractivity contribution >= 4 is 0 Å². The van der Waals surface area contributed by atoms with Gasteiger partial charge in [-0.15, -0.1) is 0 Å². The normalized spacial score (nSPS) is 19.9. The molecule has 0 radical (unpaired) electrons. The fraction of sp³-hybridized carbons (Fsp3) is 0.583. The number of hydrogen-bond acceptors (Lipinski definition) is 3. The Morgan fingerprint density at radius 3 is 2.87 bits per heavy atom. The first-order valence-corrected chi connectivity index (χ1v) is 5.63. The van der Waals surface area contributed by atoms with Crippen molar-refractivity contribution in [1.29, 1.82) is 0 Å². The Morgan fingerprint density at radius 2 is 2.27 bits per heavy atom. The summed E-state index contributed by atoms with van der Waals surface area (Å²) in [7, 11) is 0. The van der Waals surface area contributed by atoms with E-state index in [1.165, 1.54) is 5.69 Å². The summed E-state index contributed by atoms with van der Waals surface area (Å²) in [5, 5.41) is 0. The van der Waals surface area contributed by atoms with Crippen LogP contribution in [0.1, 0.15) is 19.0 Å². The van der Waals surface area contributed by atoms with Crippen molar-refractivity contribution in [3.05, 3.63) is 30.1 Å². The van der Waals surface area contributed by atoms with Crippen molar-refractivity contribution in [1.82, 2.24) is 9.88 Å². The van der Waals surface area contributed by atoms with E-state index in [-0.39, 0.29) is 5.54 Å². The second-order valence-electron chi connectivity index (χ2n) is 4.50. The van der Waals surface area contributed by atoms with Gasteiger partial charge >= 0.3 is 0 Å². The van der Waals surface area contributed by atoms with Gasteiger partial charge in [0.1, 0.15) is 0 Å². The predicted octanol–water partition coefficient (Wildman–Crippen LogP) is 1.05. The van der Waals surface area contributed by atoms with Gasteiger partial charge in [0.25, 0.3) is 0 Å². The molecule has 0 amide bonds. The van der Waals surface area contributed by atoms with E-state index in [0.717, 1.165) is 32.5 Å². The minimum absolute atomic E-state index is 0.0874. The summed E-state index contributed by atoms with van der Waals surface area (Å²) in [5.74, 6) is 0. The topological polar surface area (TPSA) is 42.1 Å². The molecule has 1 aromatic rings. The molecular formula is C12H19N3. The van der Waals surface area contributed by atoms with Crippen molar-refractivity contribution in [3.63, 3.8) is 0 Å². The number of rotatable bonds is 4. The molecule has 2 heterocycles. The van der Waals surface area contributed by atoms with E-state index in [2.05, 4.69) is 22.9 Å². The van der Waals surface area contributed by atoms with Gasteiger partial charge in [-0.05, 0) is 18.6 Å². The van der Waals surface area contributed by atoms with E-state index in [0.29, 0.717) is 0 Å². The summed E-state index contributed by atoms with van der Waals surface area (Å²) >= 11 is 0. The van der Waals surface area contributed by atoms with Gasteiger partial charge in [-0.25, -0.2) is 0 Å². The van der Waals surface area contributed by atoms with Crippen molar-refractivity contribution in [2.75, 3.05) is 19.6 Å². The first kappa shape index (κ1) is 10.6. The lowest BCUT2D eigenvalue weighted by Crippen LogP contribution is -2.67. The molecule has 1 aliphatic heterocycles. The standard InChI is InChI=1S/C12H19N3/c1-2-12(13)9-15(10-12)8-6-11-5-3-4-7-14-11/h3-5,7H,2,6,8-10,13H2,1H3. The van der Waals surface area contributed by atoms with Gasteiger partial charge < -0.3 is 5.73 Å². The molecule has 1 aromatic heterocycles. The van der Waals surface area contributed by atoms with E-state index in [1.807, 2.05) is 18.3 Å². The summed E-state index contributed by atoms with van der Waals surface area (Å²) in [6.45, 7) is 5.32. The zero-order chi connectivity index (χ0) is 10.7. The van der Waals surface area contributed by atoms with Crippen molar-refractivity contribution in [2.24, 2.45) is 5.73 Å². The molecule has 15 heavy (non-hydrogen) atoms. The molecule has 82 valence electrons. The van der Waals surface area contributed by atoms with Crippen LogP contribution in [0.4, 0.5) is 0 Å². The van der Waals surface area contributed by atoms with Gasteiger partial charge in [0.15, 0.2) is 0 Å². The Morgan fingerprint density at radius 1 is 1.47 bits per heavy atom. The quantitative estimate of drug-likeness (QED) is 0.799. The molecule has 1 fully saturated rings. The Labute approximate surface area is 91.3 Å². The number of pyridine rings is 1. The lowest BCUT2D eigenvalue weighted by Gasteiger charge is -2.47. The maximum absolute atomic E-state index is 6.10. The number of nitrogens with two attached hydrogens (primary N) is 1. The highest BCUT2D eigenvalue weighted by Crippen LogP contribution is 2.21. The zero-order valence-corrected chi connectivity index (χ0v) is 9.32. The van der Waals surface area contributed by atoms with Gasteiger partial charge in [0.05, 0.1) is 0 Å². The maximum Gasteiger partial charge on any atom is 0.0416 e. The van der Waals surface area contributed by atoms with Crippen LogP contribution in [0.25, 0.3) is 0 Å². The highest BCUT2D eigenvalue weighted by atomic mass is 15.2. The minimum Gasteiger partial charge on any atom is -0.323 e. The van der Waals surface area contributed by atoms with Crippen molar-refractivity contribution in [3.8, 4) is 0 Å². The Hall–Kier alpha value is -0.930. The van der Waals surface area contributed by atoms with E-state index in [4.69, 9.17) is 5.73 Å². The fourth-order valence-corrected chi connectivity index (χ4v) is 2.04. The number of nitrogens with zero attached hydrogens (tertiary/aromatic N) is 2. The summed E-state index contributed by atoms with van der Waals surface area (Å²) in [6, 6.07) is 6.07. The zero-order valence-electron chi connectivity index (χ0n) is 9.32. The number of aromatic nitrogens is 1. The van der Waals surface area contributed by atoms with Crippen LogP contribution in [-0.4, -0.2) is 35.1 Å². The van der Waals surface area contributed by atoms with E-state index < -0.39 is 0 Å². The third-order valence-corrected chi connectivity index (χ3v) is 3.19. The highest BCUT2D eigenvalue weighted by Gasteiger charge is 2.36. The van der Waals surface area contributed by atoms with Crippen LogP contribution in [-0.2, 0) is 6.42 Å². The molecule has 0 bridgehead atoms. The van der Waals surface area contributed by atoms with E-state index in [1.54, 1.807) is 0 Å². The Bertz CT molecular complexity index is 304. The second kappa shape index (κ2) is 4.29. The SMILES string of the molecule is CCC1(N)CN(CCc2ccccn2)C1. The summed E-state index contributed by atoms with van der Waals surface area (Å²) in [6.07, 6.45) is 3.96. The molecule has 0 aromatic carbocycles. The van der Waals surface area contributed by atoms with Crippen LogP contribution in [0.5, 0.6) is 0 Å². The van der Waals surface area contributed by atoms with Crippen molar-refractivity contribution < 1.29 is 0 Å². The average molecular weight is 205 g/mol. The number of likely N-dealkylation sites (tertiary alicyclic amines) is 1. The van der Waals surface area contributed by atoms with Gasteiger partial charge in [-0.1, -0.05) is 13.0 Å². The smallest absolute Gasteiger partial charge is 0.0416 e. The van der Waals surface area contributed by atoms with Crippen LogP contribution in [0.15, 0.2) is 24.4 Å². The molecule has 1 aliphatic rings. The summed E-state index contributed by atoms with van der Waals surface area (Å²) < 4.78 is 0. The number of hydrogen-bond donors (Lipinski definition) is 1. The van der Waals surface area contributed by atoms with Crippen LogP contribution in [0, 0.1) is 0 Å². The highest BCUT2D eigenvalue weighted by molar-refractivity contribution is 5.05. The first-order valence-electron chi connectivity index (χ1n) is 5.63. The lowest BCUT2D eigenvalue weighted by atomic mass is 9.88. The minimum atomic E-state index is 0.0874. The molecule has 0 aliphatic carbocycles. The van der Waals surface area contributed by atoms with Gasteiger partial charge in [0.2, 0.25) is 0 Å². The lowest BCUT2D eigenvalue weighted by molar-refractivity contribution is 0.0691. The third-order valence-electron chi connectivity index (χ3n) is 3.19. The molecule has 0 saturated carbocycles. The van der Waals surface area contributed by atoms with Crippen LogP contribution in [0.3, 0.4) is 0 Å².